The number of nitrogens with one attached hydrogen (secondary N) is 1. The normalized spacial score (nSPS) is 11.1. The maximum Gasteiger partial charge on any atom is 0.405 e. The van der Waals surface area contributed by atoms with Gasteiger partial charge in [0.05, 0.1) is 0 Å². The Kier molecular flexibility index (Phi) is 3.82. The van der Waals surface area contributed by atoms with Gasteiger partial charge in [0.25, 0.3) is 0 Å². The minimum absolute atomic E-state index is 0.0713. The molecule has 0 spiro atoms. The average molecular weight is 248 g/mol. The molecule has 0 unspecified atom stereocenters. The van der Waals surface area contributed by atoms with Gasteiger partial charge < -0.3 is 10.4 Å². The third kappa shape index (κ3) is 4.21. The Morgan fingerprint density at radius 3 is 2.65 bits per heavy atom. The summed E-state index contributed by atoms with van der Waals surface area (Å²) in [7, 11) is 1.31. The first-order chi connectivity index (χ1) is 7.79. The van der Waals surface area contributed by atoms with E-state index in [0.717, 1.165) is 4.90 Å². The smallest absolute Gasteiger partial charge is 0.405 e. The number of phenolic OH excluding ortho intramolecular Hbond substituents is 1. The van der Waals surface area contributed by atoms with Gasteiger partial charge in [-0.2, -0.15) is 13.2 Å². The summed E-state index contributed by atoms with van der Waals surface area (Å²) in [4.78, 5) is 12.3. The molecule has 0 heterocycles. The lowest BCUT2D eigenvalue weighted by Crippen LogP contribution is -2.41. The topological polar surface area (TPSA) is 52.6 Å². The number of aromatic hydroxyl groups is 1. The van der Waals surface area contributed by atoms with Crippen LogP contribution in [0.3, 0.4) is 0 Å². The molecule has 0 saturated carbocycles. The highest BCUT2D eigenvalue weighted by Gasteiger charge is 2.28. The summed E-state index contributed by atoms with van der Waals surface area (Å²) in [5, 5.41) is 10.9. The van der Waals surface area contributed by atoms with Crippen LogP contribution in [0.25, 0.3) is 0 Å². The van der Waals surface area contributed by atoms with Gasteiger partial charge in [-0.15, -0.1) is 0 Å². The van der Waals surface area contributed by atoms with Crippen LogP contribution in [0, 0.1) is 0 Å². The number of phenols is 1. The number of benzene rings is 1. The second kappa shape index (κ2) is 4.94. The second-order valence-electron chi connectivity index (χ2n) is 3.35. The number of alkyl halides is 3. The van der Waals surface area contributed by atoms with Crippen molar-refractivity contribution >= 4 is 11.7 Å². The summed E-state index contributed by atoms with van der Waals surface area (Å²) in [5.41, 5.74) is 0.296. The lowest BCUT2D eigenvalue weighted by Gasteiger charge is -2.18. The van der Waals surface area contributed by atoms with Crippen molar-refractivity contribution in [2.45, 2.75) is 6.18 Å². The molecular weight excluding hydrogens is 237 g/mol. The van der Waals surface area contributed by atoms with Crippen LogP contribution in [0.2, 0.25) is 0 Å². The zero-order valence-electron chi connectivity index (χ0n) is 8.95. The van der Waals surface area contributed by atoms with Crippen LogP contribution in [-0.2, 0) is 0 Å². The van der Waals surface area contributed by atoms with Gasteiger partial charge in [-0.05, 0) is 12.1 Å². The molecule has 2 amide bonds. The summed E-state index contributed by atoms with van der Waals surface area (Å²) in [5.74, 6) is -0.0713. The van der Waals surface area contributed by atoms with Crippen molar-refractivity contribution in [3.8, 4) is 5.75 Å². The number of hydrogen-bond donors (Lipinski definition) is 2. The van der Waals surface area contributed by atoms with Gasteiger partial charge in [0, 0.05) is 18.8 Å². The molecule has 17 heavy (non-hydrogen) atoms. The van der Waals surface area contributed by atoms with Gasteiger partial charge >= 0.3 is 12.2 Å². The first kappa shape index (κ1) is 13.1. The van der Waals surface area contributed by atoms with Crippen LogP contribution in [-0.4, -0.2) is 30.9 Å². The molecule has 0 saturated heterocycles. The minimum Gasteiger partial charge on any atom is -0.508 e. The Hall–Kier alpha value is -1.92. The van der Waals surface area contributed by atoms with E-state index >= 15 is 0 Å². The van der Waals surface area contributed by atoms with Gasteiger partial charge in [0.1, 0.15) is 12.3 Å². The average Bonchev–Trinajstić information content (AvgIpc) is 2.24. The van der Waals surface area contributed by atoms with Crippen LogP contribution in [0.15, 0.2) is 24.3 Å². The van der Waals surface area contributed by atoms with Crippen molar-refractivity contribution in [3.63, 3.8) is 0 Å². The number of nitrogens with zero attached hydrogens (tertiary/aromatic N) is 1. The first-order valence-electron chi connectivity index (χ1n) is 4.67. The predicted octanol–water partition coefficient (Wildman–Crippen LogP) is 2.10. The molecule has 0 bridgehead atoms. The van der Waals surface area contributed by atoms with Crippen molar-refractivity contribution in [1.82, 2.24) is 5.32 Å². The van der Waals surface area contributed by atoms with Crippen molar-refractivity contribution in [2.75, 3.05) is 18.5 Å². The summed E-state index contributed by atoms with van der Waals surface area (Å²) in [6.45, 7) is -1.39. The van der Waals surface area contributed by atoms with Crippen molar-refractivity contribution in [1.29, 1.82) is 0 Å². The van der Waals surface area contributed by atoms with Crippen LogP contribution < -0.4 is 10.2 Å². The number of anilines is 1. The fourth-order valence-electron chi connectivity index (χ4n) is 1.11. The van der Waals surface area contributed by atoms with Crippen LogP contribution in [0.1, 0.15) is 0 Å². The fourth-order valence-corrected chi connectivity index (χ4v) is 1.11. The SMILES string of the molecule is CN(C(=O)NCC(F)(F)F)c1cccc(O)c1. The Balaban J connectivity index is 2.64. The molecule has 7 heteroatoms. The maximum absolute atomic E-state index is 11.9. The lowest BCUT2D eigenvalue weighted by atomic mass is 10.3. The number of halogens is 3. The molecule has 1 rings (SSSR count). The Morgan fingerprint density at radius 1 is 1.47 bits per heavy atom. The van der Waals surface area contributed by atoms with E-state index in [0.29, 0.717) is 5.69 Å². The van der Waals surface area contributed by atoms with Crippen LogP contribution in [0.4, 0.5) is 23.7 Å². The van der Waals surface area contributed by atoms with Crippen molar-refractivity contribution in [2.24, 2.45) is 0 Å². The van der Waals surface area contributed by atoms with E-state index in [1.807, 2.05) is 0 Å². The summed E-state index contributed by atoms with van der Waals surface area (Å²) in [6, 6.07) is 4.75. The van der Waals surface area contributed by atoms with E-state index in [1.54, 1.807) is 5.32 Å². The molecule has 0 aliphatic heterocycles. The van der Waals surface area contributed by atoms with Crippen molar-refractivity contribution in [3.05, 3.63) is 24.3 Å². The van der Waals surface area contributed by atoms with Gasteiger partial charge in [0.2, 0.25) is 0 Å². The number of hydrogen-bond acceptors (Lipinski definition) is 2. The molecule has 0 aromatic heterocycles. The molecule has 0 aliphatic rings. The molecule has 0 aliphatic carbocycles. The molecule has 1 aromatic carbocycles. The lowest BCUT2D eigenvalue weighted by molar-refractivity contribution is -0.122. The molecule has 94 valence electrons. The Labute approximate surface area is 95.7 Å². The highest BCUT2D eigenvalue weighted by Crippen LogP contribution is 2.19. The molecule has 2 N–H and O–H groups in total. The van der Waals surface area contributed by atoms with E-state index in [-0.39, 0.29) is 5.75 Å². The fraction of sp³-hybridized carbons (Fsp3) is 0.300. The molecule has 0 radical (unpaired) electrons. The first-order valence-corrected chi connectivity index (χ1v) is 4.67. The standard InChI is InChI=1S/C10H11F3N2O2/c1-15(7-3-2-4-8(16)5-7)9(17)14-6-10(11,12)13/h2-5,16H,6H2,1H3,(H,14,17). The van der Waals surface area contributed by atoms with Gasteiger partial charge in [-0.1, -0.05) is 6.07 Å². The van der Waals surface area contributed by atoms with E-state index in [1.165, 1.54) is 31.3 Å². The molecule has 4 nitrogen and oxygen atoms in total. The largest absolute Gasteiger partial charge is 0.508 e. The van der Waals surface area contributed by atoms with E-state index in [2.05, 4.69) is 0 Å². The zero-order chi connectivity index (χ0) is 13.1. The maximum atomic E-state index is 11.9. The monoisotopic (exact) mass is 248 g/mol. The van der Waals surface area contributed by atoms with E-state index in [9.17, 15) is 18.0 Å². The Morgan fingerprint density at radius 2 is 2.12 bits per heavy atom. The zero-order valence-corrected chi connectivity index (χ0v) is 8.95. The van der Waals surface area contributed by atoms with Crippen LogP contribution >= 0.6 is 0 Å². The number of carbonyl (C=O) groups excluding carboxylic acids is 1. The molecular formula is C10H11F3N2O2. The summed E-state index contributed by atoms with van der Waals surface area (Å²) >= 11 is 0. The number of urea groups is 1. The number of carbonyl (C=O) groups is 1. The third-order valence-electron chi connectivity index (χ3n) is 1.96. The minimum atomic E-state index is -4.45. The molecule has 0 fully saturated rings. The van der Waals surface area contributed by atoms with Crippen molar-refractivity contribution < 1.29 is 23.1 Å². The highest BCUT2D eigenvalue weighted by molar-refractivity contribution is 5.91. The van der Waals surface area contributed by atoms with E-state index < -0.39 is 18.8 Å². The Bertz CT molecular complexity index is 407. The van der Waals surface area contributed by atoms with Gasteiger partial charge in [-0.25, -0.2) is 4.79 Å². The third-order valence-corrected chi connectivity index (χ3v) is 1.96. The summed E-state index contributed by atoms with van der Waals surface area (Å²) < 4.78 is 35.6. The van der Waals surface area contributed by atoms with Gasteiger partial charge in [-0.3, -0.25) is 4.90 Å². The molecule has 1 aromatic rings. The number of rotatable bonds is 2. The highest BCUT2D eigenvalue weighted by atomic mass is 19.4. The quantitative estimate of drug-likeness (QED) is 0.842. The second-order valence-corrected chi connectivity index (χ2v) is 3.35. The van der Waals surface area contributed by atoms with Gasteiger partial charge in [0.15, 0.2) is 0 Å². The summed E-state index contributed by atoms with van der Waals surface area (Å²) in [6.07, 6.45) is -4.45. The molecule has 0 atom stereocenters. The van der Waals surface area contributed by atoms with E-state index in [4.69, 9.17) is 5.11 Å². The van der Waals surface area contributed by atoms with Crippen LogP contribution in [0.5, 0.6) is 5.75 Å². The number of amides is 2. The predicted molar refractivity (Wildman–Crippen MR) is 56.0 cm³/mol.